The Morgan fingerprint density at radius 3 is 3.00 bits per heavy atom. The van der Waals surface area contributed by atoms with Gasteiger partial charge in [-0.15, -0.1) is 0 Å². The first-order chi connectivity index (χ1) is 12.2. The second kappa shape index (κ2) is 6.44. The first kappa shape index (κ1) is 15.5. The maximum absolute atomic E-state index is 10.8. The number of nitrogens with one attached hydrogen (secondary N) is 1. The largest absolute Gasteiger partial charge is 0.492 e. The Labute approximate surface area is 146 Å². The van der Waals surface area contributed by atoms with E-state index in [0.717, 1.165) is 10.2 Å². The fourth-order valence-corrected chi connectivity index (χ4v) is 3.32. The van der Waals surface area contributed by atoms with Crippen molar-refractivity contribution in [3.8, 4) is 17.2 Å². The van der Waals surface area contributed by atoms with Crippen molar-refractivity contribution in [1.82, 2.24) is 4.98 Å². The number of ether oxygens (including phenoxy) is 3. The van der Waals surface area contributed by atoms with Crippen LogP contribution in [-0.4, -0.2) is 29.9 Å². The number of anilines is 1. The van der Waals surface area contributed by atoms with Crippen LogP contribution in [0.4, 0.5) is 10.8 Å². The SMILES string of the molecule is O=[N+]([O-])c1ccc2nc(NCCOc3ccc4c(c3)OCO4)sc2c1. The van der Waals surface area contributed by atoms with Gasteiger partial charge in [0, 0.05) is 18.2 Å². The number of benzene rings is 2. The minimum atomic E-state index is -0.411. The predicted octanol–water partition coefficient (Wildman–Crippen LogP) is 3.42. The van der Waals surface area contributed by atoms with Crippen LogP contribution in [0, 0.1) is 10.1 Å². The summed E-state index contributed by atoms with van der Waals surface area (Å²) in [7, 11) is 0. The van der Waals surface area contributed by atoms with Gasteiger partial charge in [0.15, 0.2) is 16.6 Å². The molecule has 4 rings (SSSR count). The molecule has 1 aromatic heterocycles. The predicted molar refractivity (Wildman–Crippen MR) is 92.8 cm³/mol. The minimum Gasteiger partial charge on any atom is -0.492 e. The summed E-state index contributed by atoms with van der Waals surface area (Å²) in [5.41, 5.74) is 0.795. The third-order valence-electron chi connectivity index (χ3n) is 3.57. The number of nitro groups is 1. The molecule has 1 aliphatic rings. The number of non-ortho nitro benzene ring substituents is 1. The van der Waals surface area contributed by atoms with Crippen molar-refractivity contribution in [2.24, 2.45) is 0 Å². The number of thiazole rings is 1. The van der Waals surface area contributed by atoms with Crippen molar-refractivity contribution in [3.05, 3.63) is 46.5 Å². The zero-order chi connectivity index (χ0) is 17.2. The molecule has 0 spiro atoms. The Morgan fingerprint density at radius 1 is 1.24 bits per heavy atom. The number of fused-ring (bicyclic) bond motifs is 2. The van der Waals surface area contributed by atoms with Gasteiger partial charge in [-0.2, -0.15) is 0 Å². The van der Waals surface area contributed by atoms with E-state index in [2.05, 4.69) is 10.3 Å². The van der Waals surface area contributed by atoms with Crippen LogP contribution < -0.4 is 19.5 Å². The summed E-state index contributed by atoms with van der Waals surface area (Å²) in [5.74, 6) is 2.10. The topological polar surface area (TPSA) is 95.8 Å². The minimum absolute atomic E-state index is 0.0637. The Hall–Kier alpha value is -3.07. The number of rotatable bonds is 6. The molecule has 0 bridgehead atoms. The molecule has 9 heteroatoms. The highest BCUT2D eigenvalue weighted by molar-refractivity contribution is 7.22. The average Bonchev–Trinajstić information content (AvgIpc) is 3.23. The van der Waals surface area contributed by atoms with Crippen molar-refractivity contribution in [2.75, 3.05) is 25.3 Å². The van der Waals surface area contributed by atoms with Gasteiger partial charge in [-0.05, 0) is 18.2 Å². The van der Waals surface area contributed by atoms with Crippen molar-refractivity contribution in [3.63, 3.8) is 0 Å². The van der Waals surface area contributed by atoms with Crippen molar-refractivity contribution in [1.29, 1.82) is 0 Å². The molecular formula is C16H13N3O5S. The zero-order valence-electron chi connectivity index (χ0n) is 12.9. The van der Waals surface area contributed by atoms with Gasteiger partial charge in [-0.1, -0.05) is 11.3 Å². The molecule has 3 aromatic rings. The number of aromatic nitrogens is 1. The molecule has 0 fully saturated rings. The van der Waals surface area contributed by atoms with Crippen LogP contribution >= 0.6 is 11.3 Å². The summed E-state index contributed by atoms with van der Waals surface area (Å²) in [6.45, 7) is 1.22. The summed E-state index contributed by atoms with van der Waals surface area (Å²) >= 11 is 1.37. The van der Waals surface area contributed by atoms with Gasteiger partial charge in [0.05, 0.1) is 21.7 Å². The Kier molecular flexibility index (Phi) is 3.98. The first-order valence-electron chi connectivity index (χ1n) is 7.50. The van der Waals surface area contributed by atoms with Crippen LogP contribution in [0.3, 0.4) is 0 Å². The standard InChI is InChI=1S/C16H13N3O5S/c20-19(21)10-1-3-12-15(7-10)25-16(18-12)17-5-6-22-11-2-4-13-14(8-11)24-9-23-13/h1-4,7-8H,5-6,9H2,(H,17,18). The van der Waals surface area contributed by atoms with Gasteiger partial charge in [-0.3, -0.25) is 10.1 Å². The molecule has 0 saturated heterocycles. The number of hydrogen-bond donors (Lipinski definition) is 1. The molecule has 0 radical (unpaired) electrons. The van der Waals surface area contributed by atoms with Crippen LogP contribution in [0.1, 0.15) is 0 Å². The van der Waals surface area contributed by atoms with E-state index in [-0.39, 0.29) is 12.5 Å². The van der Waals surface area contributed by atoms with E-state index >= 15 is 0 Å². The lowest BCUT2D eigenvalue weighted by Crippen LogP contribution is -2.11. The second-order valence-corrected chi connectivity index (χ2v) is 6.25. The van der Waals surface area contributed by atoms with Gasteiger partial charge in [0.25, 0.3) is 5.69 Å². The third kappa shape index (κ3) is 3.26. The molecule has 25 heavy (non-hydrogen) atoms. The Balaban J connectivity index is 1.34. The maximum Gasteiger partial charge on any atom is 0.270 e. The Bertz CT molecular complexity index is 943. The van der Waals surface area contributed by atoms with Crippen LogP contribution in [0.5, 0.6) is 17.2 Å². The molecule has 1 aliphatic heterocycles. The fraction of sp³-hybridized carbons (Fsp3) is 0.188. The lowest BCUT2D eigenvalue weighted by molar-refractivity contribution is -0.384. The van der Waals surface area contributed by atoms with E-state index in [1.54, 1.807) is 12.1 Å². The smallest absolute Gasteiger partial charge is 0.270 e. The fourth-order valence-electron chi connectivity index (χ4n) is 2.40. The molecular weight excluding hydrogens is 346 g/mol. The van der Waals surface area contributed by atoms with Crippen molar-refractivity contribution < 1.29 is 19.1 Å². The van der Waals surface area contributed by atoms with Gasteiger partial charge in [0.2, 0.25) is 6.79 Å². The Morgan fingerprint density at radius 2 is 2.12 bits per heavy atom. The van der Waals surface area contributed by atoms with E-state index in [9.17, 15) is 10.1 Å². The maximum atomic E-state index is 10.8. The molecule has 128 valence electrons. The molecule has 0 amide bonds. The molecule has 8 nitrogen and oxygen atoms in total. The molecule has 0 aliphatic carbocycles. The lowest BCUT2D eigenvalue weighted by Gasteiger charge is -2.07. The van der Waals surface area contributed by atoms with Gasteiger partial charge < -0.3 is 19.5 Å². The highest BCUT2D eigenvalue weighted by atomic mass is 32.1. The third-order valence-corrected chi connectivity index (χ3v) is 4.55. The molecule has 1 N–H and O–H groups in total. The molecule has 2 heterocycles. The summed E-state index contributed by atoms with van der Waals surface area (Å²) < 4.78 is 17.0. The van der Waals surface area contributed by atoms with Gasteiger partial charge in [0.1, 0.15) is 12.4 Å². The number of hydrogen-bond acceptors (Lipinski definition) is 8. The summed E-state index contributed by atoms with van der Waals surface area (Å²) in [4.78, 5) is 14.8. The van der Waals surface area contributed by atoms with E-state index in [1.165, 1.54) is 23.5 Å². The first-order valence-corrected chi connectivity index (χ1v) is 8.32. The quantitative estimate of drug-likeness (QED) is 0.409. The highest BCUT2D eigenvalue weighted by Crippen LogP contribution is 2.35. The molecule has 0 unspecified atom stereocenters. The second-order valence-electron chi connectivity index (χ2n) is 5.22. The van der Waals surface area contributed by atoms with E-state index in [4.69, 9.17) is 14.2 Å². The molecule has 0 saturated carbocycles. The van der Waals surface area contributed by atoms with E-state index in [1.807, 2.05) is 12.1 Å². The highest BCUT2D eigenvalue weighted by Gasteiger charge is 2.14. The van der Waals surface area contributed by atoms with Crippen molar-refractivity contribution >= 4 is 32.4 Å². The average molecular weight is 359 g/mol. The lowest BCUT2D eigenvalue weighted by atomic mass is 10.3. The van der Waals surface area contributed by atoms with Gasteiger partial charge in [-0.25, -0.2) is 4.98 Å². The van der Waals surface area contributed by atoms with E-state index in [0.29, 0.717) is 35.5 Å². The molecule has 2 aromatic carbocycles. The van der Waals surface area contributed by atoms with Gasteiger partial charge >= 0.3 is 0 Å². The summed E-state index contributed by atoms with van der Waals surface area (Å²) in [6.07, 6.45) is 0. The van der Waals surface area contributed by atoms with Crippen LogP contribution in [0.2, 0.25) is 0 Å². The summed E-state index contributed by atoms with van der Waals surface area (Å²) in [6, 6.07) is 10.1. The summed E-state index contributed by atoms with van der Waals surface area (Å²) in [5, 5.41) is 14.7. The normalized spacial score (nSPS) is 12.3. The van der Waals surface area contributed by atoms with Crippen LogP contribution in [-0.2, 0) is 0 Å². The van der Waals surface area contributed by atoms with E-state index < -0.39 is 4.92 Å². The number of nitrogens with zero attached hydrogens (tertiary/aromatic N) is 2. The monoisotopic (exact) mass is 359 g/mol. The van der Waals surface area contributed by atoms with Crippen molar-refractivity contribution in [2.45, 2.75) is 0 Å². The molecule has 0 atom stereocenters. The van der Waals surface area contributed by atoms with Crippen LogP contribution in [0.25, 0.3) is 10.2 Å². The zero-order valence-corrected chi connectivity index (χ0v) is 13.7. The van der Waals surface area contributed by atoms with Crippen LogP contribution in [0.15, 0.2) is 36.4 Å². The number of nitro benzene ring substituents is 1.